The SMILES string of the molecule is CO/C=C\C#Cc1cccs1. The van der Waals surface area contributed by atoms with Gasteiger partial charge in [0, 0.05) is 6.08 Å². The summed E-state index contributed by atoms with van der Waals surface area (Å²) in [6, 6.07) is 3.97. The van der Waals surface area contributed by atoms with Crippen LogP contribution in [0.4, 0.5) is 0 Å². The molecule has 0 bridgehead atoms. The Morgan fingerprint density at radius 2 is 2.55 bits per heavy atom. The molecule has 0 aliphatic rings. The van der Waals surface area contributed by atoms with Crippen molar-refractivity contribution in [2.24, 2.45) is 0 Å². The summed E-state index contributed by atoms with van der Waals surface area (Å²) in [6.07, 6.45) is 3.24. The van der Waals surface area contributed by atoms with Gasteiger partial charge in [0.15, 0.2) is 0 Å². The molecule has 0 amide bonds. The number of ether oxygens (including phenoxy) is 1. The predicted octanol–water partition coefficient (Wildman–Crippen LogP) is 2.26. The number of allylic oxidation sites excluding steroid dienone is 1. The van der Waals surface area contributed by atoms with Gasteiger partial charge in [0.1, 0.15) is 0 Å². The first kappa shape index (κ1) is 7.90. The largest absolute Gasteiger partial charge is 0.504 e. The Labute approximate surface area is 70.3 Å². The highest BCUT2D eigenvalue weighted by Gasteiger charge is 1.81. The van der Waals surface area contributed by atoms with Crippen molar-refractivity contribution in [1.29, 1.82) is 0 Å². The third-order valence-electron chi connectivity index (χ3n) is 1.00. The minimum atomic E-state index is 1.07. The zero-order valence-electron chi connectivity index (χ0n) is 6.20. The van der Waals surface area contributed by atoms with Gasteiger partial charge in [-0.05, 0) is 11.4 Å². The van der Waals surface area contributed by atoms with E-state index < -0.39 is 0 Å². The molecule has 1 heterocycles. The number of thiophene rings is 1. The van der Waals surface area contributed by atoms with E-state index in [4.69, 9.17) is 0 Å². The number of rotatable bonds is 1. The van der Waals surface area contributed by atoms with Crippen molar-refractivity contribution < 1.29 is 4.74 Å². The van der Waals surface area contributed by atoms with Crippen LogP contribution >= 0.6 is 11.3 Å². The van der Waals surface area contributed by atoms with Gasteiger partial charge in [0.25, 0.3) is 0 Å². The smallest absolute Gasteiger partial charge is 0.0908 e. The molecule has 0 aliphatic heterocycles. The lowest BCUT2D eigenvalue weighted by Gasteiger charge is -1.78. The first-order chi connectivity index (χ1) is 5.43. The molecule has 1 rings (SSSR count). The maximum absolute atomic E-state index is 4.68. The quantitative estimate of drug-likeness (QED) is 0.457. The van der Waals surface area contributed by atoms with Crippen LogP contribution in [0.25, 0.3) is 0 Å². The second-order valence-corrected chi connectivity index (χ2v) is 2.73. The van der Waals surface area contributed by atoms with E-state index in [1.54, 1.807) is 30.8 Å². The van der Waals surface area contributed by atoms with Crippen molar-refractivity contribution in [2.75, 3.05) is 7.11 Å². The molecule has 1 aromatic rings. The molecular formula is C9H8OS. The normalized spacial score (nSPS) is 9.18. The predicted molar refractivity (Wildman–Crippen MR) is 47.3 cm³/mol. The van der Waals surface area contributed by atoms with E-state index in [1.165, 1.54) is 0 Å². The molecule has 11 heavy (non-hydrogen) atoms. The van der Waals surface area contributed by atoms with Gasteiger partial charge in [-0.2, -0.15) is 0 Å². The maximum Gasteiger partial charge on any atom is 0.0908 e. The fraction of sp³-hybridized carbons (Fsp3) is 0.111. The summed E-state index contributed by atoms with van der Waals surface area (Å²) < 4.78 is 4.68. The second kappa shape index (κ2) is 4.59. The fourth-order valence-electron chi connectivity index (χ4n) is 0.565. The minimum Gasteiger partial charge on any atom is -0.504 e. The van der Waals surface area contributed by atoms with Gasteiger partial charge in [0.05, 0.1) is 18.2 Å². The van der Waals surface area contributed by atoms with E-state index in [9.17, 15) is 0 Å². The fourth-order valence-corrected chi connectivity index (χ4v) is 1.14. The minimum absolute atomic E-state index is 1.07. The highest BCUT2D eigenvalue weighted by molar-refractivity contribution is 7.10. The van der Waals surface area contributed by atoms with Gasteiger partial charge in [-0.3, -0.25) is 0 Å². The molecule has 0 radical (unpaired) electrons. The molecule has 0 atom stereocenters. The van der Waals surface area contributed by atoms with Crippen LogP contribution in [0.2, 0.25) is 0 Å². The Balaban J connectivity index is 2.52. The molecule has 0 spiro atoms. The van der Waals surface area contributed by atoms with Crippen molar-refractivity contribution >= 4 is 11.3 Å². The molecule has 0 aliphatic carbocycles. The topological polar surface area (TPSA) is 9.23 Å². The molecule has 1 nitrogen and oxygen atoms in total. The summed E-state index contributed by atoms with van der Waals surface area (Å²) >= 11 is 1.63. The maximum atomic E-state index is 4.68. The van der Waals surface area contributed by atoms with Crippen molar-refractivity contribution in [3.05, 3.63) is 34.7 Å². The van der Waals surface area contributed by atoms with Crippen LogP contribution < -0.4 is 0 Å². The number of hydrogen-bond acceptors (Lipinski definition) is 2. The highest BCUT2D eigenvalue weighted by atomic mass is 32.1. The summed E-state index contributed by atoms with van der Waals surface area (Å²) in [5.74, 6) is 5.80. The molecule has 0 saturated carbocycles. The van der Waals surface area contributed by atoms with E-state index in [0.717, 1.165) is 4.88 Å². The van der Waals surface area contributed by atoms with Crippen LogP contribution in [-0.2, 0) is 4.74 Å². The molecule has 0 aromatic carbocycles. The monoisotopic (exact) mass is 164 g/mol. The molecule has 1 aromatic heterocycles. The van der Waals surface area contributed by atoms with E-state index in [0.29, 0.717) is 0 Å². The van der Waals surface area contributed by atoms with E-state index >= 15 is 0 Å². The van der Waals surface area contributed by atoms with Crippen LogP contribution in [-0.4, -0.2) is 7.11 Å². The molecule has 0 N–H and O–H groups in total. The molecule has 56 valence electrons. The van der Waals surface area contributed by atoms with Gasteiger partial charge in [-0.1, -0.05) is 17.9 Å². The highest BCUT2D eigenvalue weighted by Crippen LogP contribution is 2.05. The Kier molecular flexibility index (Phi) is 3.30. The number of hydrogen-bond donors (Lipinski definition) is 0. The third kappa shape index (κ3) is 2.92. The Bertz CT molecular complexity index is 274. The van der Waals surface area contributed by atoms with Crippen LogP contribution in [0.15, 0.2) is 29.9 Å². The third-order valence-corrected chi connectivity index (χ3v) is 1.79. The van der Waals surface area contributed by atoms with E-state index in [2.05, 4.69) is 16.6 Å². The average Bonchev–Trinajstić information content (AvgIpc) is 2.50. The number of methoxy groups -OCH3 is 1. The lowest BCUT2D eigenvalue weighted by Crippen LogP contribution is -1.62. The first-order valence-electron chi connectivity index (χ1n) is 3.16. The zero-order chi connectivity index (χ0) is 7.94. The Morgan fingerprint density at radius 3 is 3.18 bits per heavy atom. The van der Waals surface area contributed by atoms with Gasteiger partial charge >= 0.3 is 0 Å². The molecule has 2 heteroatoms. The summed E-state index contributed by atoms with van der Waals surface area (Å²) in [7, 11) is 1.60. The first-order valence-corrected chi connectivity index (χ1v) is 4.04. The van der Waals surface area contributed by atoms with Crippen molar-refractivity contribution in [1.82, 2.24) is 0 Å². The zero-order valence-corrected chi connectivity index (χ0v) is 7.02. The van der Waals surface area contributed by atoms with E-state index in [-0.39, 0.29) is 0 Å². The van der Waals surface area contributed by atoms with Gasteiger partial charge < -0.3 is 4.74 Å². The molecule has 0 unspecified atom stereocenters. The summed E-state index contributed by atoms with van der Waals surface area (Å²) in [6.45, 7) is 0. The standard InChI is InChI=1S/C9H8OS/c1-10-7-3-2-5-9-6-4-8-11-9/h3-4,6-8H,1H3/b7-3-. The Hall–Kier alpha value is -1.20. The van der Waals surface area contributed by atoms with Crippen LogP contribution in [0.3, 0.4) is 0 Å². The summed E-state index contributed by atoms with van der Waals surface area (Å²) in [5.41, 5.74) is 0. The van der Waals surface area contributed by atoms with Gasteiger partial charge in [-0.15, -0.1) is 11.3 Å². The van der Waals surface area contributed by atoms with Gasteiger partial charge in [-0.25, -0.2) is 0 Å². The second-order valence-electron chi connectivity index (χ2n) is 1.79. The van der Waals surface area contributed by atoms with E-state index in [1.807, 2.05) is 17.5 Å². The Morgan fingerprint density at radius 1 is 1.64 bits per heavy atom. The van der Waals surface area contributed by atoms with Crippen LogP contribution in [0.5, 0.6) is 0 Å². The van der Waals surface area contributed by atoms with Crippen molar-refractivity contribution in [2.45, 2.75) is 0 Å². The molecule has 0 fully saturated rings. The van der Waals surface area contributed by atoms with Crippen molar-refractivity contribution in [3.8, 4) is 11.8 Å². The van der Waals surface area contributed by atoms with Crippen LogP contribution in [0, 0.1) is 11.8 Å². The molecule has 0 saturated heterocycles. The van der Waals surface area contributed by atoms with Gasteiger partial charge in [0.2, 0.25) is 0 Å². The summed E-state index contributed by atoms with van der Waals surface area (Å²) in [4.78, 5) is 1.07. The summed E-state index contributed by atoms with van der Waals surface area (Å²) in [5, 5.41) is 2.00. The molecular weight excluding hydrogens is 156 g/mol. The van der Waals surface area contributed by atoms with Crippen molar-refractivity contribution in [3.63, 3.8) is 0 Å². The lowest BCUT2D eigenvalue weighted by molar-refractivity contribution is 0.338. The average molecular weight is 164 g/mol. The van der Waals surface area contributed by atoms with Crippen LogP contribution in [0.1, 0.15) is 4.88 Å². The lowest BCUT2D eigenvalue weighted by atomic mass is 10.4.